The topological polar surface area (TPSA) is 38.2 Å². The maximum absolute atomic E-state index is 13.3. The number of halogens is 3. The molecule has 0 amide bonds. The summed E-state index contributed by atoms with van der Waals surface area (Å²) in [6.07, 6.45) is -3.16. The zero-order valence-electron chi connectivity index (χ0n) is 15.0. The molecular weight excluding hydrogens is 367 g/mol. The molecule has 5 rings (SSSR count). The van der Waals surface area contributed by atoms with Gasteiger partial charge in [-0.1, -0.05) is 36.4 Å². The van der Waals surface area contributed by atoms with E-state index in [-0.39, 0.29) is 5.60 Å². The third-order valence-electron chi connectivity index (χ3n) is 5.72. The first-order chi connectivity index (χ1) is 13.5. The first-order valence-corrected chi connectivity index (χ1v) is 9.28. The lowest BCUT2D eigenvalue weighted by molar-refractivity contribution is -0.144. The molecule has 0 N–H and O–H groups in total. The second-order valence-corrected chi connectivity index (χ2v) is 7.31. The number of rotatable bonds is 1. The predicted octanol–water partition coefficient (Wildman–Crippen LogP) is 4.67. The van der Waals surface area contributed by atoms with E-state index in [1.54, 1.807) is 24.3 Å². The van der Waals surface area contributed by atoms with Crippen LogP contribution in [0.5, 0.6) is 0 Å². The Balaban J connectivity index is 1.50. The molecule has 0 radical (unpaired) electrons. The van der Waals surface area contributed by atoms with E-state index < -0.39 is 12.0 Å². The van der Waals surface area contributed by atoms with Crippen LogP contribution >= 0.6 is 0 Å². The number of ether oxygens (including phenoxy) is 1. The third kappa shape index (κ3) is 2.73. The van der Waals surface area contributed by atoms with Crippen LogP contribution in [0.25, 0.3) is 10.9 Å². The molecule has 7 heteroatoms. The van der Waals surface area contributed by atoms with Gasteiger partial charge in [0.05, 0.1) is 17.7 Å². The average Bonchev–Trinajstić information content (AvgIpc) is 3.06. The lowest BCUT2D eigenvalue weighted by Crippen LogP contribution is -2.43. The molecule has 0 bridgehead atoms. The van der Waals surface area contributed by atoms with Crippen LogP contribution in [0, 0.1) is 0 Å². The van der Waals surface area contributed by atoms with Crippen LogP contribution in [0.15, 0.2) is 48.5 Å². The molecule has 0 unspecified atom stereocenters. The minimum Gasteiger partial charge on any atom is -0.365 e. The van der Waals surface area contributed by atoms with Crippen molar-refractivity contribution in [2.24, 2.45) is 0 Å². The fourth-order valence-corrected chi connectivity index (χ4v) is 4.31. The first kappa shape index (κ1) is 17.4. The van der Waals surface area contributed by atoms with E-state index in [1.807, 2.05) is 17.0 Å². The monoisotopic (exact) mass is 385 g/mol. The zero-order chi connectivity index (χ0) is 19.4. The van der Waals surface area contributed by atoms with Crippen molar-refractivity contribution in [2.45, 2.75) is 31.2 Å². The van der Waals surface area contributed by atoms with Crippen LogP contribution in [0.4, 0.5) is 19.0 Å². The smallest absolute Gasteiger partial charge is 0.365 e. The summed E-state index contributed by atoms with van der Waals surface area (Å²) >= 11 is 0. The Labute approximate surface area is 160 Å². The van der Waals surface area contributed by atoms with Crippen molar-refractivity contribution >= 4 is 16.7 Å². The minimum atomic E-state index is -4.58. The number of aromatic nitrogens is 2. The van der Waals surface area contributed by atoms with Gasteiger partial charge in [-0.25, -0.2) is 9.97 Å². The highest BCUT2D eigenvalue weighted by Gasteiger charge is 2.43. The van der Waals surface area contributed by atoms with Gasteiger partial charge in [-0.15, -0.1) is 0 Å². The van der Waals surface area contributed by atoms with Crippen LogP contribution in [-0.4, -0.2) is 23.1 Å². The number of para-hydroxylation sites is 1. The van der Waals surface area contributed by atoms with Gasteiger partial charge >= 0.3 is 6.18 Å². The Morgan fingerprint density at radius 3 is 2.43 bits per heavy atom. The Hall–Kier alpha value is -2.67. The fraction of sp³-hybridized carbons (Fsp3) is 0.333. The van der Waals surface area contributed by atoms with Gasteiger partial charge in [0, 0.05) is 18.5 Å². The van der Waals surface area contributed by atoms with E-state index >= 15 is 0 Å². The lowest BCUT2D eigenvalue weighted by atomic mass is 9.84. The van der Waals surface area contributed by atoms with Crippen molar-refractivity contribution < 1.29 is 17.9 Å². The van der Waals surface area contributed by atoms with Crippen molar-refractivity contribution in [1.82, 2.24) is 9.97 Å². The van der Waals surface area contributed by atoms with Crippen molar-refractivity contribution in [3.8, 4) is 0 Å². The summed E-state index contributed by atoms with van der Waals surface area (Å²) in [5.41, 5.74) is 2.37. The highest BCUT2D eigenvalue weighted by Crippen LogP contribution is 2.45. The SMILES string of the molecule is FC(F)(F)c1nc(N2CCC3(CC2)OCc2ccccc23)c2ccccc2n1. The summed E-state index contributed by atoms with van der Waals surface area (Å²) in [6, 6.07) is 15.0. The maximum Gasteiger partial charge on any atom is 0.451 e. The number of nitrogens with zero attached hydrogens (tertiary/aromatic N) is 3. The van der Waals surface area contributed by atoms with Crippen molar-refractivity contribution in [2.75, 3.05) is 18.0 Å². The van der Waals surface area contributed by atoms with Crippen LogP contribution < -0.4 is 4.90 Å². The molecule has 0 aliphatic carbocycles. The molecule has 4 nitrogen and oxygen atoms in total. The number of piperidine rings is 1. The Kier molecular flexibility index (Phi) is 3.84. The van der Waals surface area contributed by atoms with Crippen molar-refractivity contribution in [1.29, 1.82) is 0 Å². The summed E-state index contributed by atoms with van der Waals surface area (Å²) in [4.78, 5) is 9.54. The van der Waals surface area contributed by atoms with Gasteiger partial charge in [0.2, 0.25) is 5.82 Å². The average molecular weight is 385 g/mol. The largest absolute Gasteiger partial charge is 0.451 e. The van der Waals surface area contributed by atoms with E-state index in [2.05, 4.69) is 22.1 Å². The Morgan fingerprint density at radius 2 is 1.64 bits per heavy atom. The molecule has 1 saturated heterocycles. The van der Waals surface area contributed by atoms with Crippen LogP contribution in [0.2, 0.25) is 0 Å². The second-order valence-electron chi connectivity index (χ2n) is 7.31. The molecule has 2 aliphatic rings. The van der Waals surface area contributed by atoms with E-state index in [1.165, 1.54) is 11.1 Å². The van der Waals surface area contributed by atoms with Gasteiger partial charge in [0.1, 0.15) is 5.82 Å². The summed E-state index contributed by atoms with van der Waals surface area (Å²) in [5.74, 6) is -0.747. The highest BCUT2D eigenvalue weighted by atomic mass is 19.4. The minimum absolute atomic E-state index is 0.308. The Bertz CT molecular complexity index is 1040. The summed E-state index contributed by atoms with van der Waals surface area (Å²) in [6.45, 7) is 1.74. The molecule has 1 spiro atoms. The van der Waals surface area contributed by atoms with Crippen molar-refractivity contribution in [3.05, 3.63) is 65.5 Å². The maximum atomic E-state index is 13.3. The molecule has 2 aromatic carbocycles. The molecule has 0 saturated carbocycles. The number of anilines is 1. The molecule has 28 heavy (non-hydrogen) atoms. The van der Waals surface area contributed by atoms with E-state index in [4.69, 9.17) is 4.74 Å². The van der Waals surface area contributed by atoms with Crippen molar-refractivity contribution in [3.63, 3.8) is 0 Å². The van der Waals surface area contributed by atoms with E-state index in [0.29, 0.717) is 49.3 Å². The molecule has 144 valence electrons. The number of hydrogen-bond acceptors (Lipinski definition) is 4. The Morgan fingerprint density at radius 1 is 0.929 bits per heavy atom. The predicted molar refractivity (Wildman–Crippen MR) is 98.9 cm³/mol. The molecular formula is C21H18F3N3O. The second kappa shape index (κ2) is 6.17. The zero-order valence-corrected chi connectivity index (χ0v) is 15.0. The first-order valence-electron chi connectivity index (χ1n) is 9.28. The number of benzene rings is 2. The lowest BCUT2D eigenvalue weighted by Gasteiger charge is -2.40. The fourth-order valence-electron chi connectivity index (χ4n) is 4.31. The number of fused-ring (bicyclic) bond motifs is 3. The normalized spacial score (nSPS) is 18.6. The van der Waals surface area contributed by atoms with E-state index in [9.17, 15) is 13.2 Å². The third-order valence-corrected chi connectivity index (χ3v) is 5.72. The van der Waals surface area contributed by atoms with Crippen LogP contribution in [0.1, 0.15) is 29.8 Å². The number of hydrogen-bond donors (Lipinski definition) is 0. The van der Waals surface area contributed by atoms with Crippen LogP contribution in [-0.2, 0) is 23.1 Å². The molecule has 1 fully saturated rings. The molecule has 1 aromatic heterocycles. The van der Waals surface area contributed by atoms with Crippen LogP contribution in [0.3, 0.4) is 0 Å². The quantitative estimate of drug-likeness (QED) is 0.610. The highest BCUT2D eigenvalue weighted by molar-refractivity contribution is 5.89. The van der Waals surface area contributed by atoms with Gasteiger partial charge in [-0.3, -0.25) is 0 Å². The van der Waals surface area contributed by atoms with Gasteiger partial charge in [0.25, 0.3) is 0 Å². The van der Waals surface area contributed by atoms with Gasteiger partial charge in [-0.2, -0.15) is 13.2 Å². The van der Waals surface area contributed by atoms with Gasteiger partial charge in [0.15, 0.2) is 0 Å². The van der Waals surface area contributed by atoms with Gasteiger partial charge < -0.3 is 9.64 Å². The summed E-state index contributed by atoms with van der Waals surface area (Å²) in [7, 11) is 0. The molecule has 3 heterocycles. The molecule has 0 atom stereocenters. The standard InChI is InChI=1S/C21H18F3N3O/c22-21(23,24)19-25-17-8-4-2-6-15(17)18(26-19)27-11-9-20(10-12-27)16-7-3-1-5-14(16)13-28-20/h1-8H,9-13H2. The summed E-state index contributed by atoms with van der Waals surface area (Å²) < 4.78 is 46.1. The molecule has 2 aliphatic heterocycles. The number of alkyl halides is 3. The van der Waals surface area contributed by atoms with E-state index in [0.717, 1.165) is 0 Å². The molecule has 3 aromatic rings. The summed E-state index contributed by atoms with van der Waals surface area (Å²) in [5, 5.41) is 0.638. The van der Waals surface area contributed by atoms with Gasteiger partial charge in [-0.05, 0) is 36.1 Å².